The fraction of sp³-hybridized carbons (Fsp3) is 0. The summed E-state index contributed by atoms with van der Waals surface area (Å²) in [4.78, 5) is 0. The number of fused-ring (bicyclic) bond motifs is 6. The van der Waals surface area contributed by atoms with Gasteiger partial charge in [-0.25, -0.2) is 0 Å². The van der Waals surface area contributed by atoms with Gasteiger partial charge in [-0.3, -0.25) is 0 Å². The van der Waals surface area contributed by atoms with E-state index in [0.717, 1.165) is 44.3 Å². The SMILES string of the molecule is N#Cc1ccc2c(c1)c1cc(-c3ccc4c(c3)c3ccccc3n4-c3ccccc3)ccc1n2-c1ccc(-c2ccccc2)cc1. The van der Waals surface area contributed by atoms with Crippen molar-refractivity contribution in [1.29, 1.82) is 5.26 Å². The summed E-state index contributed by atoms with van der Waals surface area (Å²) in [6, 6.07) is 60.2. The van der Waals surface area contributed by atoms with Gasteiger partial charge < -0.3 is 9.13 Å². The van der Waals surface area contributed by atoms with Crippen molar-refractivity contribution in [2.24, 2.45) is 0 Å². The molecule has 0 aliphatic rings. The molecule has 0 saturated heterocycles. The molecule has 214 valence electrons. The first kappa shape index (κ1) is 26.1. The lowest BCUT2D eigenvalue weighted by Gasteiger charge is -2.10. The van der Waals surface area contributed by atoms with E-state index < -0.39 is 0 Å². The van der Waals surface area contributed by atoms with Gasteiger partial charge in [-0.15, -0.1) is 0 Å². The van der Waals surface area contributed by atoms with Crippen LogP contribution in [-0.4, -0.2) is 9.13 Å². The molecule has 0 radical (unpaired) electrons. The largest absolute Gasteiger partial charge is 0.309 e. The summed E-state index contributed by atoms with van der Waals surface area (Å²) < 4.78 is 4.65. The van der Waals surface area contributed by atoms with Crippen LogP contribution in [0.25, 0.3) is 77.2 Å². The Morgan fingerprint density at radius 3 is 1.46 bits per heavy atom. The summed E-state index contributed by atoms with van der Waals surface area (Å²) in [6.45, 7) is 0. The van der Waals surface area contributed by atoms with Gasteiger partial charge >= 0.3 is 0 Å². The van der Waals surface area contributed by atoms with E-state index in [-0.39, 0.29) is 0 Å². The molecule has 9 aromatic rings. The summed E-state index contributed by atoms with van der Waals surface area (Å²) in [5.41, 5.74) is 12.2. The normalized spacial score (nSPS) is 11.5. The summed E-state index contributed by atoms with van der Waals surface area (Å²) in [7, 11) is 0. The Kier molecular flexibility index (Phi) is 5.88. The van der Waals surface area contributed by atoms with Crippen LogP contribution in [0, 0.1) is 11.3 Å². The molecule has 2 heterocycles. The van der Waals surface area contributed by atoms with Crippen LogP contribution < -0.4 is 0 Å². The number of benzene rings is 7. The molecule has 46 heavy (non-hydrogen) atoms. The molecular formula is C43H27N3. The third-order valence-electron chi connectivity index (χ3n) is 9.15. The first-order valence-corrected chi connectivity index (χ1v) is 15.5. The van der Waals surface area contributed by atoms with Gasteiger partial charge in [-0.05, 0) is 95.1 Å². The zero-order valence-electron chi connectivity index (χ0n) is 24.9. The van der Waals surface area contributed by atoms with Gasteiger partial charge in [0, 0.05) is 32.9 Å². The van der Waals surface area contributed by atoms with Crippen LogP contribution in [0.1, 0.15) is 5.56 Å². The van der Waals surface area contributed by atoms with Crippen LogP contribution in [0.15, 0.2) is 164 Å². The highest BCUT2D eigenvalue weighted by Gasteiger charge is 2.16. The Balaban J connectivity index is 1.22. The Labute approximate surface area is 266 Å². The van der Waals surface area contributed by atoms with E-state index in [1.54, 1.807) is 0 Å². The zero-order chi connectivity index (χ0) is 30.6. The average molecular weight is 586 g/mol. The maximum atomic E-state index is 9.78. The average Bonchev–Trinajstić information content (AvgIpc) is 3.64. The molecule has 0 aliphatic carbocycles. The first-order valence-electron chi connectivity index (χ1n) is 15.5. The highest BCUT2D eigenvalue weighted by atomic mass is 15.0. The van der Waals surface area contributed by atoms with E-state index in [9.17, 15) is 5.26 Å². The van der Waals surface area contributed by atoms with E-state index in [1.165, 1.54) is 32.9 Å². The second kappa shape index (κ2) is 10.4. The first-order chi connectivity index (χ1) is 22.8. The molecule has 3 heteroatoms. The number of nitrogens with zero attached hydrogens (tertiary/aromatic N) is 3. The third-order valence-corrected chi connectivity index (χ3v) is 9.15. The van der Waals surface area contributed by atoms with Gasteiger partial charge in [0.15, 0.2) is 0 Å². The molecule has 0 saturated carbocycles. The lowest BCUT2D eigenvalue weighted by atomic mass is 10.00. The van der Waals surface area contributed by atoms with Crippen LogP contribution in [0.2, 0.25) is 0 Å². The van der Waals surface area contributed by atoms with Gasteiger partial charge in [0.2, 0.25) is 0 Å². The van der Waals surface area contributed by atoms with Gasteiger partial charge in [-0.2, -0.15) is 5.26 Å². The second-order valence-corrected chi connectivity index (χ2v) is 11.7. The molecule has 0 unspecified atom stereocenters. The van der Waals surface area contributed by atoms with E-state index in [4.69, 9.17) is 0 Å². The molecule has 7 aromatic carbocycles. The fourth-order valence-electron chi connectivity index (χ4n) is 6.99. The molecule has 0 bridgehead atoms. The minimum absolute atomic E-state index is 0.659. The maximum Gasteiger partial charge on any atom is 0.0991 e. The molecule has 0 fully saturated rings. The number of hydrogen-bond donors (Lipinski definition) is 0. The quantitative estimate of drug-likeness (QED) is 0.202. The number of para-hydroxylation sites is 2. The van der Waals surface area contributed by atoms with Crippen molar-refractivity contribution in [2.45, 2.75) is 0 Å². The smallest absolute Gasteiger partial charge is 0.0991 e. The fourth-order valence-corrected chi connectivity index (χ4v) is 6.99. The lowest BCUT2D eigenvalue weighted by Crippen LogP contribution is -1.94. The Bertz CT molecular complexity index is 2620. The van der Waals surface area contributed by atoms with Crippen LogP contribution in [0.3, 0.4) is 0 Å². The third kappa shape index (κ3) is 4.05. The van der Waals surface area contributed by atoms with Crippen molar-refractivity contribution in [2.75, 3.05) is 0 Å². The van der Waals surface area contributed by atoms with E-state index in [2.05, 4.69) is 161 Å². The number of aromatic nitrogens is 2. The van der Waals surface area contributed by atoms with Crippen molar-refractivity contribution in [3.8, 4) is 39.7 Å². The van der Waals surface area contributed by atoms with Gasteiger partial charge in [0.25, 0.3) is 0 Å². The Morgan fingerprint density at radius 1 is 0.348 bits per heavy atom. The molecule has 2 aromatic heterocycles. The monoisotopic (exact) mass is 585 g/mol. The molecule has 0 spiro atoms. The number of nitriles is 1. The molecule has 0 aliphatic heterocycles. The van der Waals surface area contributed by atoms with Crippen molar-refractivity contribution >= 4 is 43.6 Å². The van der Waals surface area contributed by atoms with Crippen LogP contribution in [-0.2, 0) is 0 Å². The summed E-state index contributed by atoms with van der Waals surface area (Å²) in [5.74, 6) is 0. The van der Waals surface area contributed by atoms with Crippen LogP contribution >= 0.6 is 0 Å². The molecular weight excluding hydrogens is 558 g/mol. The molecule has 0 amide bonds. The minimum atomic E-state index is 0.659. The van der Waals surface area contributed by atoms with Gasteiger partial charge in [-0.1, -0.05) is 91.0 Å². The minimum Gasteiger partial charge on any atom is -0.309 e. The maximum absolute atomic E-state index is 9.78. The highest BCUT2D eigenvalue weighted by molar-refractivity contribution is 6.13. The summed E-state index contributed by atoms with van der Waals surface area (Å²) in [6.07, 6.45) is 0. The van der Waals surface area contributed by atoms with E-state index in [1.807, 2.05) is 18.2 Å². The zero-order valence-corrected chi connectivity index (χ0v) is 24.9. The number of hydrogen-bond acceptors (Lipinski definition) is 1. The Morgan fingerprint density at radius 2 is 0.804 bits per heavy atom. The van der Waals surface area contributed by atoms with Gasteiger partial charge in [0.05, 0.1) is 33.7 Å². The topological polar surface area (TPSA) is 33.6 Å². The summed E-state index contributed by atoms with van der Waals surface area (Å²) in [5, 5.41) is 14.4. The van der Waals surface area contributed by atoms with Crippen molar-refractivity contribution < 1.29 is 0 Å². The summed E-state index contributed by atoms with van der Waals surface area (Å²) >= 11 is 0. The van der Waals surface area contributed by atoms with Gasteiger partial charge in [0.1, 0.15) is 0 Å². The van der Waals surface area contributed by atoms with E-state index in [0.29, 0.717) is 5.56 Å². The molecule has 9 rings (SSSR count). The number of rotatable bonds is 4. The molecule has 0 N–H and O–H groups in total. The van der Waals surface area contributed by atoms with Crippen molar-refractivity contribution in [3.63, 3.8) is 0 Å². The second-order valence-electron chi connectivity index (χ2n) is 11.7. The van der Waals surface area contributed by atoms with E-state index >= 15 is 0 Å². The lowest BCUT2D eigenvalue weighted by molar-refractivity contribution is 1.18. The highest BCUT2D eigenvalue weighted by Crippen LogP contribution is 2.38. The predicted molar refractivity (Wildman–Crippen MR) is 191 cm³/mol. The van der Waals surface area contributed by atoms with Crippen molar-refractivity contribution in [1.82, 2.24) is 9.13 Å². The predicted octanol–water partition coefficient (Wildman–Crippen LogP) is 11.1. The van der Waals surface area contributed by atoms with Crippen LogP contribution in [0.5, 0.6) is 0 Å². The Hall–Kier alpha value is -6.37. The van der Waals surface area contributed by atoms with Crippen LogP contribution in [0.4, 0.5) is 0 Å². The standard InChI is InChI=1S/C43H27N3/c44-28-29-15-22-41-37(25-29)39-27-33(19-24-43(39)46(41)35-20-16-31(17-21-35)30-9-3-1-4-10-30)32-18-23-42-38(26-32)36-13-7-8-14-40(36)45(42)34-11-5-2-6-12-34/h1-27H. The molecule has 0 atom stereocenters. The van der Waals surface area contributed by atoms with Crippen molar-refractivity contribution in [3.05, 3.63) is 169 Å². The molecule has 3 nitrogen and oxygen atoms in total.